The van der Waals surface area contributed by atoms with Crippen molar-refractivity contribution in [2.45, 2.75) is 53.8 Å². The van der Waals surface area contributed by atoms with E-state index in [2.05, 4.69) is 81.9 Å². The van der Waals surface area contributed by atoms with Crippen LogP contribution in [0.4, 0.5) is 0 Å². The highest BCUT2D eigenvalue weighted by atomic mass is 28.3. The van der Waals surface area contributed by atoms with Gasteiger partial charge in [0, 0.05) is 28.2 Å². The number of para-hydroxylation sites is 1. The van der Waals surface area contributed by atoms with Gasteiger partial charge in [0.2, 0.25) is 5.71 Å². The number of hydrogen-bond acceptors (Lipinski definition) is 3. The summed E-state index contributed by atoms with van der Waals surface area (Å²) in [5.74, 6) is 0. The van der Waals surface area contributed by atoms with Crippen molar-refractivity contribution in [3.8, 4) is 11.3 Å². The van der Waals surface area contributed by atoms with E-state index in [-0.39, 0.29) is 5.41 Å². The topological polar surface area (TPSA) is 38.9 Å². The molecule has 0 atom stereocenters. The van der Waals surface area contributed by atoms with Crippen LogP contribution in [0.5, 0.6) is 0 Å². The minimum atomic E-state index is -1.48. The van der Waals surface area contributed by atoms with E-state index in [1.165, 1.54) is 10.8 Å². The predicted octanol–water partition coefficient (Wildman–Crippen LogP) is 6.49. The quantitative estimate of drug-likeness (QED) is 0.368. The van der Waals surface area contributed by atoms with Gasteiger partial charge in [-0.15, -0.1) is 0 Å². The molecule has 0 spiro atoms. The Morgan fingerprint density at radius 1 is 1.00 bits per heavy atom. The highest BCUT2D eigenvalue weighted by Crippen LogP contribution is 2.35. The first-order chi connectivity index (χ1) is 13.5. The summed E-state index contributed by atoms with van der Waals surface area (Å²) in [6.45, 7) is 16.1. The fraction of sp³-hybridized carbons (Fsp3) is 0.360. The van der Waals surface area contributed by atoms with Gasteiger partial charge in [-0.3, -0.25) is 4.98 Å². The Bertz CT molecular complexity index is 1210. The summed E-state index contributed by atoms with van der Waals surface area (Å²) in [4.78, 5) is 9.48. The lowest BCUT2D eigenvalue weighted by Crippen LogP contribution is -2.41. The lowest BCUT2D eigenvalue weighted by Gasteiger charge is -2.26. The normalized spacial score (nSPS) is 12.8. The molecule has 0 aliphatic heterocycles. The van der Waals surface area contributed by atoms with Crippen molar-refractivity contribution in [3.63, 3.8) is 0 Å². The van der Waals surface area contributed by atoms with Gasteiger partial charge in [-0.05, 0) is 53.8 Å². The number of aryl methyl sites for hydroxylation is 1. The molecule has 0 amide bonds. The van der Waals surface area contributed by atoms with Crippen LogP contribution in [-0.2, 0) is 6.42 Å². The van der Waals surface area contributed by atoms with Crippen LogP contribution >= 0.6 is 0 Å². The average molecular weight is 403 g/mol. The van der Waals surface area contributed by atoms with E-state index < -0.39 is 8.07 Å². The van der Waals surface area contributed by atoms with Crippen LogP contribution in [-0.4, -0.2) is 18.0 Å². The van der Waals surface area contributed by atoms with Gasteiger partial charge in [-0.1, -0.05) is 52.5 Å². The molecular weight excluding hydrogens is 372 g/mol. The third-order valence-corrected chi connectivity index (χ3v) is 7.36. The molecule has 0 unspecified atom stereocenters. The van der Waals surface area contributed by atoms with Crippen LogP contribution in [0.15, 0.2) is 47.0 Å². The maximum absolute atomic E-state index is 6.21. The smallest absolute Gasteiger partial charge is 0.227 e. The first-order valence-corrected chi connectivity index (χ1v) is 13.8. The fourth-order valence-corrected chi connectivity index (χ4v) is 5.59. The maximum atomic E-state index is 6.21. The van der Waals surface area contributed by atoms with Crippen LogP contribution in [0.25, 0.3) is 33.3 Å². The lowest BCUT2D eigenvalue weighted by atomic mass is 9.88. The summed E-state index contributed by atoms with van der Waals surface area (Å²) >= 11 is 0. The molecule has 0 fully saturated rings. The first-order valence-electron chi connectivity index (χ1n) is 10.3. The first kappa shape index (κ1) is 19.8. The molecule has 0 N–H and O–H groups in total. The van der Waals surface area contributed by atoms with Crippen molar-refractivity contribution in [1.82, 2.24) is 9.97 Å². The second-order valence-corrected chi connectivity index (χ2v) is 15.3. The molecule has 29 heavy (non-hydrogen) atoms. The molecule has 0 radical (unpaired) electrons. The van der Waals surface area contributed by atoms with Crippen molar-refractivity contribution in [2.75, 3.05) is 0 Å². The molecule has 0 saturated heterocycles. The van der Waals surface area contributed by atoms with E-state index in [1.54, 1.807) is 0 Å². The van der Waals surface area contributed by atoms with Gasteiger partial charge >= 0.3 is 0 Å². The highest BCUT2D eigenvalue weighted by molar-refractivity contribution is 6.89. The zero-order chi connectivity index (χ0) is 21.0. The Morgan fingerprint density at radius 3 is 2.45 bits per heavy atom. The highest BCUT2D eigenvalue weighted by Gasteiger charge is 2.25. The minimum absolute atomic E-state index is 0.222. The van der Waals surface area contributed by atoms with Gasteiger partial charge in [-0.2, -0.15) is 0 Å². The van der Waals surface area contributed by atoms with Crippen molar-refractivity contribution < 1.29 is 4.42 Å². The van der Waals surface area contributed by atoms with E-state index in [1.807, 2.05) is 13.0 Å². The molecule has 4 aromatic rings. The summed E-state index contributed by atoms with van der Waals surface area (Å²) in [6.07, 6.45) is 3.16. The van der Waals surface area contributed by atoms with Crippen LogP contribution in [0.3, 0.4) is 0 Å². The van der Waals surface area contributed by atoms with Crippen molar-refractivity contribution in [3.05, 3.63) is 53.9 Å². The van der Waals surface area contributed by atoms with Gasteiger partial charge in [0.25, 0.3) is 0 Å². The van der Waals surface area contributed by atoms with Crippen LogP contribution in [0.2, 0.25) is 19.6 Å². The number of rotatable bonds is 3. The Morgan fingerprint density at radius 2 is 1.76 bits per heavy atom. The van der Waals surface area contributed by atoms with Crippen LogP contribution < -0.4 is 5.19 Å². The number of aromatic nitrogens is 2. The molecule has 4 rings (SSSR count). The van der Waals surface area contributed by atoms with Gasteiger partial charge < -0.3 is 4.42 Å². The summed E-state index contributed by atoms with van der Waals surface area (Å²) < 4.78 is 6.21. The third-order valence-electron chi connectivity index (χ3n) is 5.30. The van der Waals surface area contributed by atoms with Crippen molar-refractivity contribution in [1.29, 1.82) is 0 Å². The fourth-order valence-electron chi connectivity index (χ4n) is 4.01. The minimum Gasteiger partial charge on any atom is -0.437 e. The molecule has 3 nitrogen and oxygen atoms in total. The maximum Gasteiger partial charge on any atom is 0.227 e. The molecule has 3 aromatic heterocycles. The summed E-state index contributed by atoms with van der Waals surface area (Å²) in [7, 11) is -1.48. The molecule has 0 aliphatic rings. The number of hydrogen-bond donors (Lipinski definition) is 0. The van der Waals surface area contributed by atoms with Crippen molar-refractivity contribution >= 4 is 35.3 Å². The molecular formula is C25H30N2OSi. The second-order valence-electron chi connectivity index (χ2n) is 10.3. The average Bonchev–Trinajstić information content (AvgIpc) is 2.96. The van der Waals surface area contributed by atoms with E-state index in [9.17, 15) is 0 Å². The van der Waals surface area contributed by atoms with Gasteiger partial charge in [0.1, 0.15) is 5.58 Å². The Labute approximate surface area is 174 Å². The number of fused-ring (bicyclic) bond motifs is 3. The largest absolute Gasteiger partial charge is 0.437 e. The molecule has 4 heteroatoms. The number of pyridine rings is 2. The predicted molar refractivity (Wildman–Crippen MR) is 126 cm³/mol. The Kier molecular flexibility index (Phi) is 4.65. The molecule has 0 aliphatic carbocycles. The zero-order valence-corrected chi connectivity index (χ0v) is 19.6. The molecule has 3 heterocycles. The molecule has 1 aromatic carbocycles. The van der Waals surface area contributed by atoms with E-state index in [0.717, 1.165) is 39.7 Å². The van der Waals surface area contributed by atoms with Gasteiger partial charge in [0.05, 0.1) is 13.8 Å². The van der Waals surface area contributed by atoms with Crippen LogP contribution in [0, 0.1) is 12.3 Å². The van der Waals surface area contributed by atoms with Crippen LogP contribution in [0.1, 0.15) is 32.0 Å². The lowest BCUT2D eigenvalue weighted by molar-refractivity contribution is 0.412. The molecule has 0 saturated carbocycles. The zero-order valence-electron chi connectivity index (χ0n) is 18.6. The monoisotopic (exact) mass is 402 g/mol. The Balaban J connectivity index is 1.94. The SMILES string of the molecule is Cc1ccc2c(n1)oc1c(-c3cc(CC(C)(C)C)c([Si](C)(C)C)cn3)cccc12. The second kappa shape index (κ2) is 6.80. The van der Waals surface area contributed by atoms with Gasteiger partial charge in [-0.25, -0.2) is 4.98 Å². The van der Waals surface area contributed by atoms with E-state index in [0.29, 0.717) is 5.71 Å². The Hall–Kier alpha value is -2.46. The summed E-state index contributed by atoms with van der Waals surface area (Å²) in [5, 5.41) is 3.60. The summed E-state index contributed by atoms with van der Waals surface area (Å²) in [5.41, 5.74) is 6.19. The molecule has 150 valence electrons. The standard InChI is InChI=1S/C25H30N2OSi/c1-16-11-12-19-18-9-8-10-20(23(18)28-24(19)27-16)21-13-17(14-25(2,3)4)22(15-26-21)29(5,6)7/h8-13,15H,14H2,1-7H3. The third kappa shape index (κ3) is 3.86. The number of furan rings is 1. The van der Waals surface area contributed by atoms with Crippen molar-refractivity contribution in [2.24, 2.45) is 5.41 Å². The number of nitrogens with zero attached hydrogens (tertiary/aromatic N) is 2. The number of benzene rings is 1. The van der Waals surface area contributed by atoms with Gasteiger partial charge in [0.15, 0.2) is 0 Å². The molecule has 0 bridgehead atoms. The summed E-state index contributed by atoms with van der Waals surface area (Å²) in [6, 6.07) is 12.7. The van der Waals surface area contributed by atoms with E-state index >= 15 is 0 Å². The van der Waals surface area contributed by atoms with E-state index in [4.69, 9.17) is 9.40 Å².